The van der Waals surface area contributed by atoms with Crippen molar-refractivity contribution in [3.63, 3.8) is 0 Å². The summed E-state index contributed by atoms with van der Waals surface area (Å²) in [6.07, 6.45) is 0. The minimum absolute atomic E-state index is 0. The van der Waals surface area contributed by atoms with Crippen molar-refractivity contribution in [1.29, 1.82) is 0 Å². The standard InChI is InChI=1S/2C18H18N2OS2.H2O/c2*1-2-14-4-6-16-12-23-10-8-21-7-9-22-11-15-5-3-13(1)17(19-15)18(14)20-16;/h2*1-6H,7-12H2;1H2. The number of rotatable bonds is 0. The molecule has 2 aliphatic rings. The lowest BCUT2D eigenvalue weighted by molar-refractivity contribution is 0.167. The molecule has 2 aromatic carbocycles. The summed E-state index contributed by atoms with van der Waals surface area (Å²) in [6.45, 7) is 3.26. The fourth-order valence-electron chi connectivity index (χ4n) is 5.40. The van der Waals surface area contributed by atoms with Crippen molar-refractivity contribution in [3.8, 4) is 0 Å². The molecule has 0 saturated heterocycles. The van der Waals surface area contributed by atoms with E-state index in [1.54, 1.807) is 0 Å². The van der Waals surface area contributed by atoms with Crippen LogP contribution in [0.1, 0.15) is 22.8 Å². The van der Waals surface area contributed by atoms with Gasteiger partial charge in [0.05, 0.1) is 71.3 Å². The SMILES string of the molecule is O.c1cc2ccc3ccc4nc3c2nc1CSCCOCCSC4.c1cc2ccc3ccc4nc3c2nc1CSCCOCCSC4. The van der Waals surface area contributed by atoms with Gasteiger partial charge in [-0.25, -0.2) is 19.9 Å². The highest BCUT2D eigenvalue weighted by Crippen LogP contribution is 2.27. The Bertz CT molecular complexity index is 1680. The molecule has 0 atom stereocenters. The lowest BCUT2D eigenvalue weighted by atomic mass is 10.1. The van der Waals surface area contributed by atoms with Gasteiger partial charge in [-0.15, -0.1) is 0 Å². The van der Waals surface area contributed by atoms with Crippen molar-refractivity contribution < 1.29 is 14.9 Å². The van der Waals surface area contributed by atoms with Gasteiger partial charge in [0.25, 0.3) is 0 Å². The Hall–Kier alpha value is -2.64. The van der Waals surface area contributed by atoms with Gasteiger partial charge >= 0.3 is 0 Å². The molecule has 0 radical (unpaired) electrons. The average molecular weight is 703 g/mol. The number of fused-ring (bicyclic) bond motifs is 4. The second-order valence-corrected chi connectivity index (χ2v) is 15.5. The maximum atomic E-state index is 5.68. The van der Waals surface area contributed by atoms with Gasteiger partial charge in [0.1, 0.15) is 0 Å². The monoisotopic (exact) mass is 702 g/mol. The van der Waals surface area contributed by atoms with Crippen molar-refractivity contribution >= 4 is 90.7 Å². The molecule has 0 saturated carbocycles. The Kier molecular flexibility index (Phi) is 12.5. The molecular formula is C36H38N4O3S4. The third-order valence-electron chi connectivity index (χ3n) is 7.76. The highest BCUT2D eigenvalue weighted by molar-refractivity contribution is 7.99. The molecule has 6 heterocycles. The zero-order valence-corrected chi connectivity index (χ0v) is 29.4. The Morgan fingerprint density at radius 2 is 0.596 bits per heavy atom. The summed E-state index contributed by atoms with van der Waals surface area (Å²) in [5, 5.41) is 4.65. The highest BCUT2D eigenvalue weighted by atomic mass is 32.2. The van der Waals surface area contributed by atoms with Gasteiger partial charge in [-0.3, -0.25) is 0 Å². The van der Waals surface area contributed by atoms with Crippen LogP contribution in [0, 0.1) is 0 Å². The van der Waals surface area contributed by atoms with Crippen molar-refractivity contribution in [3.05, 3.63) is 95.6 Å². The Balaban J connectivity index is 0.000000161. The first-order chi connectivity index (χ1) is 22.8. The van der Waals surface area contributed by atoms with Crippen LogP contribution in [0.2, 0.25) is 0 Å². The van der Waals surface area contributed by atoms with Crippen molar-refractivity contribution in [2.24, 2.45) is 0 Å². The highest BCUT2D eigenvalue weighted by Gasteiger charge is 2.09. The largest absolute Gasteiger partial charge is 0.412 e. The maximum absolute atomic E-state index is 5.68. The van der Waals surface area contributed by atoms with E-state index in [9.17, 15) is 0 Å². The molecule has 8 rings (SSSR count). The second-order valence-electron chi connectivity index (χ2n) is 11.1. The van der Waals surface area contributed by atoms with Crippen LogP contribution in [0.3, 0.4) is 0 Å². The van der Waals surface area contributed by atoms with Crippen molar-refractivity contribution in [1.82, 2.24) is 19.9 Å². The van der Waals surface area contributed by atoms with Crippen LogP contribution < -0.4 is 0 Å². The molecule has 47 heavy (non-hydrogen) atoms. The maximum Gasteiger partial charge on any atom is 0.0968 e. The summed E-state index contributed by atoms with van der Waals surface area (Å²) < 4.78 is 11.4. The van der Waals surface area contributed by atoms with Gasteiger partial charge in [0.15, 0.2) is 0 Å². The van der Waals surface area contributed by atoms with Crippen LogP contribution in [0.4, 0.5) is 0 Å². The van der Waals surface area contributed by atoms with E-state index in [2.05, 4.69) is 72.8 Å². The smallest absolute Gasteiger partial charge is 0.0968 e. The molecule has 0 amide bonds. The van der Waals surface area contributed by atoms with E-state index in [1.807, 2.05) is 47.0 Å². The van der Waals surface area contributed by atoms with E-state index in [4.69, 9.17) is 29.4 Å². The van der Waals surface area contributed by atoms with Crippen LogP contribution >= 0.6 is 47.0 Å². The minimum atomic E-state index is 0. The summed E-state index contributed by atoms with van der Waals surface area (Å²) in [6, 6.07) is 25.7. The van der Waals surface area contributed by atoms with Gasteiger partial charge in [-0.2, -0.15) is 47.0 Å². The molecule has 0 fully saturated rings. The number of aromatic nitrogens is 4. The van der Waals surface area contributed by atoms with E-state index in [1.165, 1.54) is 0 Å². The fraction of sp³-hybridized carbons (Fsp3) is 0.333. The van der Waals surface area contributed by atoms with Crippen LogP contribution in [-0.2, 0) is 32.5 Å². The number of thioether (sulfide) groups is 4. The molecule has 2 N–H and O–H groups in total. The van der Waals surface area contributed by atoms with Gasteiger partial charge in [-0.05, 0) is 24.3 Å². The summed E-state index contributed by atoms with van der Waals surface area (Å²) in [5.74, 6) is 7.74. The van der Waals surface area contributed by atoms with Gasteiger partial charge < -0.3 is 14.9 Å². The zero-order valence-electron chi connectivity index (χ0n) is 26.2. The lowest BCUT2D eigenvalue weighted by Crippen LogP contribution is -2.02. The minimum Gasteiger partial charge on any atom is -0.412 e. The Morgan fingerprint density at radius 3 is 0.851 bits per heavy atom. The third kappa shape index (κ3) is 8.89. The zero-order chi connectivity index (χ0) is 31.0. The summed E-state index contributed by atoms with van der Waals surface area (Å²) >= 11 is 7.51. The average Bonchev–Trinajstić information content (AvgIpc) is 3.10. The Labute approximate surface area is 292 Å². The molecule has 11 heteroatoms. The van der Waals surface area contributed by atoms with Gasteiger partial charge in [0.2, 0.25) is 0 Å². The lowest BCUT2D eigenvalue weighted by Gasteiger charge is -2.07. The second kappa shape index (κ2) is 17.1. The van der Waals surface area contributed by atoms with Crippen molar-refractivity contribution in [2.75, 3.05) is 49.4 Å². The first-order valence-electron chi connectivity index (χ1n) is 15.6. The van der Waals surface area contributed by atoms with E-state index in [0.717, 1.165) is 139 Å². The molecule has 4 aromatic heterocycles. The quantitative estimate of drug-likeness (QED) is 0.146. The van der Waals surface area contributed by atoms with E-state index in [-0.39, 0.29) is 5.48 Å². The van der Waals surface area contributed by atoms with Crippen molar-refractivity contribution in [2.45, 2.75) is 23.0 Å². The molecule has 0 spiro atoms. The number of benzene rings is 2. The van der Waals surface area contributed by atoms with Gasteiger partial charge in [0, 0.05) is 67.6 Å². The third-order valence-corrected chi connectivity index (χ3v) is 11.6. The normalized spacial score (nSPS) is 16.5. The molecule has 7 nitrogen and oxygen atoms in total. The van der Waals surface area contributed by atoms with Crippen LogP contribution in [0.15, 0.2) is 72.8 Å². The molecule has 0 aliphatic carbocycles. The predicted octanol–water partition coefficient (Wildman–Crippen LogP) is 7.73. The summed E-state index contributed by atoms with van der Waals surface area (Å²) in [7, 11) is 0. The summed E-state index contributed by atoms with van der Waals surface area (Å²) in [4.78, 5) is 19.5. The van der Waals surface area contributed by atoms with E-state index >= 15 is 0 Å². The molecule has 0 unspecified atom stereocenters. The first-order valence-corrected chi connectivity index (χ1v) is 20.3. The van der Waals surface area contributed by atoms with Crippen LogP contribution in [0.25, 0.3) is 43.6 Å². The predicted molar refractivity (Wildman–Crippen MR) is 204 cm³/mol. The molecule has 8 bridgehead atoms. The molecular weight excluding hydrogens is 665 g/mol. The molecule has 2 aliphatic heterocycles. The number of ether oxygens (including phenoxy) is 2. The summed E-state index contributed by atoms with van der Waals surface area (Å²) in [5.41, 5.74) is 8.57. The van der Waals surface area contributed by atoms with E-state index < -0.39 is 0 Å². The topological polar surface area (TPSA) is 102 Å². The number of hydrogen-bond acceptors (Lipinski definition) is 10. The molecule has 244 valence electrons. The fourth-order valence-corrected chi connectivity index (χ4v) is 8.40. The van der Waals surface area contributed by atoms with Crippen LogP contribution in [-0.4, -0.2) is 74.9 Å². The number of hydrogen-bond donors (Lipinski definition) is 0. The number of nitrogens with zero attached hydrogens (tertiary/aromatic N) is 4. The first kappa shape index (κ1) is 34.2. The molecule has 6 aromatic rings. The van der Waals surface area contributed by atoms with E-state index in [0.29, 0.717) is 0 Å². The number of pyridine rings is 4. The Morgan fingerprint density at radius 1 is 0.362 bits per heavy atom. The van der Waals surface area contributed by atoms with Crippen LogP contribution in [0.5, 0.6) is 0 Å². The van der Waals surface area contributed by atoms with Gasteiger partial charge in [-0.1, -0.05) is 48.5 Å².